The van der Waals surface area contributed by atoms with Crippen LogP contribution in [-0.4, -0.2) is 18.3 Å². The van der Waals surface area contributed by atoms with Crippen LogP contribution < -0.4 is 4.74 Å². The number of hydrogen-bond donors (Lipinski definition) is 1. The van der Waals surface area contributed by atoms with E-state index in [1.807, 2.05) is 0 Å². The molecule has 0 atom stereocenters. The van der Waals surface area contributed by atoms with Gasteiger partial charge in [0.05, 0.1) is 6.61 Å². The van der Waals surface area contributed by atoms with Gasteiger partial charge in [-0.2, -0.15) is 0 Å². The van der Waals surface area contributed by atoms with Crippen molar-refractivity contribution in [3.8, 4) is 5.75 Å². The maximum atomic E-state index is 13.1. The van der Waals surface area contributed by atoms with Crippen LogP contribution in [0.4, 0.5) is 8.78 Å². The Kier molecular flexibility index (Phi) is 5.78. The molecule has 90 valence electrons. The summed E-state index contributed by atoms with van der Waals surface area (Å²) in [7, 11) is 0. The summed E-state index contributed by atoms with van der Waals surface area (Å²) < 4.78 is 30.9. The summed E-state index contributed by atoms with van der Waals surface area (Å²) in [4.78, 5) is 0. The molecule has 0 heterocycles. The van der Waals surface area contributed by atoms with Crippen LogP contribution in [0, 0.1) is 11.6 Å². The predicted molar refractivity (Wildman–Crippen MR) is 57.4 cm³/mol. The molecule has 0 bridgehead atoms. The summed E-state index contributed by atoms with van der Waals surface area (Å²) in [6.07, 6.45) is 3.38. The first kappa shape index (κ1) is 12.9. The van der Waals surface area contributed by atoms with Crippen LogP contribution in [0.3, 0.4) is 0 Å². The molecule has 0 amide bonds. The van der Waals surface area contributed by atoms with Gasteiger partial charge in [-0.15, -0.1) is 0 Å². The Morgan fingerprint density at radius 3 is 2.56 bits per heavy atom. The first-order valence-corrected chi connectivity index (χ1v) is 5.43. The average molecular weight is 230 g/mol. The van der Waals surface area contributed by atoms with Crippen LogP contribution >= 0.6 is 0 Å². The summed E-state index contributed by atoms with van der Waals surface area (Å²) in [5, 5.41) is 8.55. The molecule has 1 rings (SSSR count). The van der Waals surface area contributed by atoms with Crippen molar-refractivity contribution < 1.29 is 18.6 Å². The van der Waals surface area contributed by atoms with Gasteiger partial charge >= 0.3 is 0 Å². The minimum absolute atomic E-state index is 0.0397. The Bertz CT molecular complexity index is 316. The first-order chi connectivity index (χ1) is 7.74. The molecule has 2 nitrogen and oxygen atoms in total. The molecule has 0 aliphatic rings. The van der Waals surface area contributed by atoms with Crippen molar-refractivity contribution in [3.05, 3.63) is 29.8 Å². The van der Waals surface area contributed by atoms with Crippen molar-refractivity contribution in [1.82, 2.24) is 0 Å². The minimum atomic E-state index is -0.545. The molecular formula is C12H16F2O2. The number of aliphatic hydroxyl groups excluding tert-OH is 1. The quantitative estimate of drug-likeness (QED) is 0.730. The Morgan fingerprint density at radius 1 is 1.06 bits per heavy atom. The maximum Gasteiger partial charge on any atom is 0.165 e. The largest absolute Gasteiger partial charge is 0.490 e. The summed E-state index contributed by atoms with van der Waals surface area (Å²) in [5.41, 5.74) is 0. The Hall–Kier alpha value is -1.16. The van der Waals surface area contributed by atoms with E-state index in [-0.39, 0.29) is 12.4 Å². The van der Waals surface area contributed by atoms with Gasteiger partial charge in [0.15, 0.2) is 11.6 Å². The van der Waals surface area contributed by atoms with Crippen LogP contribution in [0.2, 0.25) is 0 Å². The second-order valence-electron chi connectivity index (χ2n) is 3.56. The van der Waals surface area contributed by atoms with E-state index in [0.29, 0.717) is 6.61 Å². The number of aliphatic hydroxyl groups is 1. The van der Waals surface area contributed by atoms with E-state index in [1.54, 1.807) is 0 Å². The van der Waals surface area contributed by atoms with E-state index in [1.165, 1.54) is 0 Å². The zero-order valence-corrected chi connectivity index (χ0v) is 9.09. The highest BCUT2D eigenvalue weighted by atomic mass is 19.1. The molecule has 0 aliphatic carbocycles. The molecule has 4 heteroatoms. The zero-order chi connectivity index (χ0) is 11.8. The second kappa shape index (κ2) is 7.17. The van der Waals surface area contributed by atoms with Gasteiger partial charge in [0, 0.05) is 12.7 Å². The van der Waals surface area contributed by atoms with Gasteiger partial charge in [0.2, 0.25) is 0 Å². The number of ether oxygens (including phenoxy) is 1. The van der Waals surface area contributed by atoms with Crippen molar-refractivity contribution in [2.75, 3.05) is 13.2 Å². The number of hydrogen-bond acceptors (Lipinski definition) is 2. The average Bonchev–Trinajstić information content (AvgIpc) is 2.28. The highest BCUT2D eigenvalue weighted by Gasteiger charge is 2.04. The molecule has 1 aromatic rings. The van der Waals surface area contributed by atoms with Crippen LogP contribution in [-0.2, 0) is 0 Å². The maximum absolute atomic E-state index is 13.1. The Balaban J connectivity index is 2.23. The van der Waals surface area contributed by atoms with E-state index in [0.717, 1.165) is 43.9 Å². The first-order valence-electron chi connectivity index (χ1n) is 5.43. The molecule has 16 heavy (non-hydrogen) atoms. The molecule has 1 aromatic carbocycles. The third kappa shape index (κ3) is 4.57. The lowest BCUT2D eigenvalue weighted by Crippen LogP contribution is -2.00. The van der Waals surface area contributed by atoms with Crippen molar-refractivity contribution in [1.29, 1.82) is 0 Å². The molecule has 0 saturated carbocycles. The molecule has 1 N–H and O–H groups in total. The van der Waals surface area contributed by atoms with Gasteiger partial charge in [0.1, 0.15) is 5.82 Å². The van der Waals surface area contributed by atoms with Crippen molar-refractivity contribution in [2.24, 2.45) is 0 Å². The fourth-order valence-electron chi connectivity index (χ4n) is 1.34. The smallest absolute Gasteiger partial charge is 0.165 e. The standard InChI is InChI=1S/C12H16F2O2/c13-10-5-6-11(14)12(9-10)16-8-4-2-1-3-7-15/h5-6,9,15H,1-4,7-8H2. The highest BCUT2D eigenvalue weighted by molar-refractivity contribution is 5.24. The molecule has 0 aliphatic heterocycles. The molecule has 0 spiro atoms. The number of halogens is 2. The van der Waals surface area contributed by atoms with Crippen molar-refractivity contribution >= 4 is 0 Å². The number of rotatable bonds is 7. The van der Waals surface area contributed by atoms with E-state index in [9.17, 15) is 8.78 Å². The summed E-state index contributed by atoms with van der Waals surface area (Å²) in [5.74, 6) is -1.09. The van der Waals surface area contributed by atoms with Crippen molar-refractivity contribution in [2.45, 2.75) is 25.7 Å². The topological polar surface area (TPSA) is 29.5 Å². The number of benzene rings is 1. The zero-order valence-electron chi connectivity index (χ0n) is 9.09. The van der Waals surface area contributed by atoms with Gasteiger partial charge < -0.3 is 9.84 Å². The van der Waals surface area contributed by atoms with Gasteiger partial charge in [-0.3, -0.25) is 0 Å². The molecule has 0 unspecified atom stereocenters. The summed E-state index contributed by atoms with van der Waals surface area (Å²) in [6.45, 7) is 0.561. The number of unbranched alkanes of at least 4 members (excludes halogenated alkanes) is 3. The molecule has 0 radical (unpaired) electrons. The second-order valence-corrected chi connectivity index (χ2v) is 3.56. The minimum Gasteiger partial charge on any atom is -0.490 e. The summed E-state index contributed by atoms with van der Waals surface area (Å²) >= 11 is 0. The normalized spacial score (nSPS) is 10.4. The van der Waals surface area contributed by atoms with Gasteiger partial charge in [-0.25, -0.2) is 8.78 Å². The highest BCUT2D eigenvalue weighted by Crippen LogP contribution is 2.18. The van der Waals surface area contributed by atoms with E-state index >= 15 is 0 Å². The molecule has 0 saturated heterocycles. The molecular weight excluding hydrogens is 214 g/mol. The fourth-order valence-corrected chi connectivity index (χ4v) is 1.34. The Labute approximate surface area is 93.9 Å². The lowest BCUT2D eigenvalue weighted by Gasteiger charge is -2.06. The van der Waals surface area contributed by atoms with Crippen molar-refractivity contribution in [3.63, 3.8) is 0 Å². The van der Waals surface area contributed by atoms with Gasteiger partial charge in [-0.1, -0.05) is 6.42 Å². The van der Waals surface area contributed by atoms with E-state index in [2.05, 4.69) is 0 Å². The SMILES string of the molecule is OCCCCCCOc1cc(F)ccc1F. The van der Waals surface area contributed by atoms with Gasteiger partial charge in [0.25, 0.3) is 0 Å². The van der Waals surface area contributed by atoms with Crippen LogP contribution in [0.25, 0.3) is 0 Å². The molecule has 0 fully saturated rings. The van der Waals surface area contributed by atoms with Crippen LogP contribution in [0.1, 0.15) is 25.7 Å². The third-order valence-corrected chi connectivity index (χ3v) is 2.20. The van der Waals surface area contributed by atoms with E-state index < -0.39 is 11.6 Å². The molecule has 0 aromatic heterocycles. The fraction of sp³-hybridized carbons (Fsp3) is 0.500. The lowest BCUT2D eigenvalue weighted by atomic mass is 10.2. The Morgan fingerprint density at radius 2 is 1.81 bits per heavy atom. The van der Waals surface area contributed by atoms with E-state index in [4.69, 9.17) is 9.84 Å². The lowest BCUT2D eigenvalue weighted by molar-refractivity contribution is 0.269. The monoisotopic (exact) mass is 230 g/mol. The van der Waals surface area contributed by atoms with Gasteiger partial charge in [-0.05, 0) is 31.4 Å². The third-order valence-electron chi connectivity index (χ3n) is 2.20. The predicted octanol–water partition coefficient (Wildman–Crippen LogP) is 2.90. The van der Waals surface area contributed by atoms with Crippen LogP contribution in [0.15, 0.2) is 18.2 Å². The summed E-state index contributed by atoms with van der Waals surface area (Å²) in [6, 6.07) is 3.16. The van der Waals surface area contributed by atoms with Crippen LogP contribution in [0.5, 0.6) is 5.75 Å².